The van der Waals surface area contributed by atoms with Crippen LogP contribution >= 0.6 is 0 Å². The summed E-state index contributed by atoms with van der Waals surface area (Å²) in [6.45, 7) is 2.07. The molecular weight excluding hydrogens is 248 g/mol. The van der Waals surface area contributed by atoms with Gasteiger partial charge in [-0.3, -0.25) is 14.9 Å². The molecule has 0 aromatic carbocycles. The molecule has 1 saturated carbocycles. The number of hydrogen-bond acceptors (Lipinski definition) is 5. The first-order chi connectivity index (χ1) is 9.06. The summed E-state index contributed by atoms with van der Waals surface area (Å²) >= 11 is 0. The molecule has 0 aliphatic heterocycles. The summed E-state index contributed by atoms with van der Waals surface area (Å²) in [6.07, 6.45) is 3.13. The van der Waals surface area contributed by atoms with Crippen molar-refractivity contribution in [1.82, 2.24) is 10.3 Å². The summed E-state index contributed by atoms with van der Waals surface area (Å²) < 4.78 is 0. The average Bonchev–Trinajstić information content (AvgIpc) is 3.16. The van der Waals surface area contributed by atoms with Crippen LogP contribution in [-0.2, 0) is 0 Å². The lowest BCUT2D eigenvalue weighted by molar-refractivity contribution is -0.385. The van der Waals surface area contributed by atoms with Crippen LogP contribution in [0.1, 0.15) is 30.1 Å². The Hall–Kier alpha value is -2.18. The van der Waals surface area contributed by atoms with Crippen molar-refractivity contribution in [2.75, 3.05) is 12.4 Å². The molecular formula is C12H16N4O3. The zero-order valence-electron chi connectivity index (χ0n) is 10.8. The Bertz CT molecular complexity index is 518. The molecule has 0 saturated heterocycles. The van der Waals surface area contributed by atoms with Gasteiger partial charge in [-0.15, -0.1) is 0 Å². The first kappa shape index (κ1) is 13.3. The van der Waals surface area contributed by atoms with Gasteiger partial charge in [-0.25, -0.2) is 4.98 Å². The normalized spacial score (nSPS) is 20.7. The molecule has 1 aliphatic rings. The van der Waals surface area contributed by atoms with Crippen molar-refractivity contribution in [3.05, 3.63) is 27.9 Å². The van der Waals surface area contributed by atoms with Crippen molar-refractivity contribution < 1.29 is 9.72 Å². The van der Waals surface area contributed by atoms with Crippen molar-refractivity contribution >= 4 is 17.4 Å². The SMILES string of the molecule is CCC1CC1NC(=O)c1cc([N+](=O)[O-])cnc1NC. The quantitative estimate of drug-likeness (QED) is 0.621. The number of nitrogens with one attached hydrogen (secondary N) is 2. The minimum atomic E-state index is -0.560. The Morgan fingerprint density at radius 3 is 2.89 bits per heavy atom. The molecule has 1 aliphatic carbocycles. The van der Waals surface area contributed by atoms with Crippen LogP contribution in [0.5, 0.6) is 0 Å². The number of hydrogen-bond donors (Lipinski definition) is 2. The zero-order valence-corrected chi connectivity index (χ0v) is 10.8. The van der Waals surface area contributed by atoms with Crippen molar-refractivity contribution in [3.63, 3.8) is 0 Å². The number of rotatable bonds is 5. The molecule has 0 spiro atoms. The van der Waals surface area contributed by atoms with Gasteiger partial charge in [0, 0.05) is 19.2 Å². The van der Waals surface area contributed by atoms with Crippen LogP contribution in [-0.4, -0.2) is 28.9 Å². The molecule has 0 bridgehead atoms. The Labute approximate surface area is 110 Å². The van der Waals surface area contributed by atoms with E-state index in [1.165, 1.54) is 6.07 Å². The zero-order chi connectivity index (χ0) is 14.0. The maximum Gasteiger partial charge on any atom is 0.288 e. The number of carbonyl (C=O) groups is 1. The molecule has 1 amide bonds. The second kappa shape index (κ2) is 5.21. The number of pyridine rings is 1. The van der Waals surface area contributed by atoms with Gasteiger partial charge >= 0.3 is 0 Å². The number of aromatic nitrogens is 1. The molecule has 0 radical (unpaired) electrons. The van der Waals surface area contributed by atoms with Gasteiger partial charge in [0.15, 0.2) is 0 Å². The maximum absolute atomic E-state index is 12.1. The monoisotopic (exact) mass is 264 g/mol. The smallest absolute Gasteiger partial charge is 0.288 e. The summed E-state index contributed by atoms with van der Waals surface area (Å²) in [5, 5.41) is 16.4. The third-order valence-corrected chi connectivity index (χ3v) is 3.33. The lowest BCUT2D eigenvalue weighted by Gasteiger charge is -2.08. The molecule has 1 aromatic heterocycles. The van der Waals surface area contributed by atoms with Gasteiger partial charge in [-0.1, -0.05) is 13.3 Å². The highest BCUT2D eigenvalue weighted by atomic mass is 16.6. The van der Waals surface area contributed by atoms with Crippen LogP contribution < -0.4 is 10.6 Å². The molecule has 7 heteroatoms. The molecule has 102 valence electrons. The van der Waals surface area contributed by atoms with E-state index in [9.17, 15) is 14.9 Å². The van der Waals surface area contributed by atoms with Gasteiger partial charge in [0.2, 0.25) is 0 Å². The Balaban J connectivity index is 2.19. The number of anilines is 1. The van der Waals surface area contributed by atoms with Crippen molar-refractivity contribution in [3.8, 4) is 0 Å². The van der Waals surface area contributed by atoms with Gasteiger partial charge in [0.05, 0.1) is 10.5 Å². The second-order valence-corrected chi connectivity index (χ2v) is 4.58. The van der Waals surface area contributed by atoms with E-state index in [0.717, 1.165) is 19.0 Å². The summed E-state index contributed by atoms with van der Waals surface area (Å²) in [6, 6.07) is 1.43. The van der Waals surface area contributed by atoms with Crippen molar-refractivity contribution in [2.45, 2.75) is 25.8 Å². The number of nitrogens with zero attached hydrogens (tertiary/aromatic N) is 2. The van der Waals surface area contributed by atoms with Crippen LogP contribution in [0.2, 0.25) is 0 Å². The molecule has 19 heavy (non-hydrogen) atoms. The Kier molecular flexibility index (Phi) is 3.64. The van der Waals surface area contributed by atoms with Crippen molar-refractivity contribution in [1.29, 1.82) is 0 Å². The lowest BCUT2D eigenvalue weighted by Crippen LogP contribution is -2.27. The topological polar surface area (TPSA) is 97.2 Å². The van der Waals surface area contributed by atoms with Gasteiger partial charge < -0.3 is 10.6 Å². The van der Waals surface area contributed by atoms with E-state index in [0.29, 0.717) is 11.7 Å². The molecule has 2 unspecified atom stereocenters. The maximum atomic E-state index is 12.1. The highest BCUT2D eigenvalue weighted by Crippen LogP contribution is 2.33. The molecule has 2 atom stereocenters. The first-order valence-electron chi connectivity index (χ1n) is 6.19. The van der Waals surface area contributed by atoms with E-state index < -0.39 is 4.92 Å². The standard InChI is InChI=1S/C12H16N4O3/c1-3-7-4-10(7)15-12(17)9-5-8(16(18)19)6-14-11(9)13-2/h5-7,10H,3-4H2,1-2H3,(H,13,14)(H,15,17). The van der Waals surface area contributed by atoms with Gasteiger partial charge in [-0.05, 0) is 12.3 Å². The van der Waals surface area contributed by atoms with Crippen LogP contribution in [0.3, 0.4) is 0 Å². The lowest BCUT2D eigenvalue weighted by atomic mass is 10.2. The highest BCUT2D eigenvalue weighted by Gasteiger charge is 2.37. The fraction of sp³-hybridized carbons (Fsp3) is 0.500. The molecule has 2 N–H and O–H groups in total. The first-order valence-corrected chi connectivity index (χ1v) is 6.19. The number of amides is 1. The summed E-state index contributed by atoms with van der Waals surface area (Å²) in [4.78, 5) is 26.2. The highest BCUT2D eigenvalue weighted by molar-refractivity contribution is 5.99. The molecule has 2 rings (SSSR count). The van der Waals surface area contributed by atoms with E-state index in [4.69, 9.17) is 0 Å². The molecule has 7 nitrogen and oxygen atoms in total. The van der Waals surface area contributed by atoms with Crippen molar-refractivity contribution in [2.24, 2.45) is 5.92 Å². The van der Waals surface area contributed by atoms with Crippen LogP contribution in [0.25, 0.3) is 0 Å². The van der Waals surface area contributed by atoms with E-state index in [1.807, 2.05) is 0 Å². The average molecular weight is 264 g/mol. The minimum Gasteiger partial charge on any atom is -0.372 e. The fourth-order valence-corrected chi connectivity index (χ4v) is 2.05. The third-order valence-electron chi connectivity index (χ3n) is 3.33. The number of carbonyl (C=O) groups excluding carboxylic acids is 1. The van der Waals surface area contributed by atoms with Gasteiger partial charge in [0.25, 0.3) is 11.6 Å². The molecule has 1 aromatic rings. The van der Waals surface area contributed by atoms with E-state index in [1.54, 1.807) is 7.05 Å². The van der Waals surface area contributed by atoms with Crippen LogP contribution in [0, 0.1) is 16.0 Å². The van der Waals surface area contributed by atoms with E-state index in [-0.39, 0.29) is 23.2 Å². The van der Waals surface area contributed by atoms with E-state index in [2.05, 4.69) is 22.5 Å². The fourth-order valence-electron chi connectivity index (χ4n) is 2.05. The summed E-state index contributed by atoms with van der Waals surface area (Å²) in [7, 11) is 1.62. The van der Waals surface area contributed by atoms with E-state index >= 15 is 0 Å². The predicted octanol–water partition coefficient (Wildman–Crippen LogP) is 1.56. The Morgan fingerprint density at radius 1 is 1.63 bits per heavy atom. The van der Waals surface area contributed by atoms with Crippen LogP contribution in [0.15, 0.2) is 12.3 Å². The van der Waals surface area contributed by atoms with Gasteiger partial charge in [0.1, 0.15) is 12.0 Å². The van der Waals surface area contributed by atoms with Crippen LogP contribution in [0.4, 0.5) is 11.5 Å². The number of nitro groups is 1. The Morgan fingerprint density at radius 2 is 2.37 bits per heavy atom. The predicted molar refractivity (Wildman–Crippen MR) is 70.1 cm³/mol. The third kappa shape index (κ3) is 2.81. The second-order valence-electron chi connectivity index (χ2n) is 4.58. The minimum absolute atomic E-state index is 0.182. The molecule has 1 fully saturated rings. The molecule has 1 heterocycles. The summed E-state index contributed by atoms with van der Waals surface area (Å²) in [5.41, 5.74) is 0.0189. The summed E-state index contributed by atoms with van der Waals surface area (Å²) in [5.74, 6) is 0.548. The largest absolute Gasteiger partial charge is 0.372 e. The van der Waals surface area contributed by atoms with Gasteiger partial charge in [-0.2, -0.15) is 0 Å².